The van der Waals surface area contributed by atoms with Crippen LogP contribution in [0, 0.1) is 17.2 Å². The van der Waals surface area contributed by atoms with Gasteiger partial charge < -0.3 is 10.2 Å². The number of hydrogen-bond donors (Lipinski definition) is 1. The van der Waals surface area contributed by atoms with E-state index in [1.54, 1.807) is 11.3 Å². The minimum absolute atomic E-state index is 0.0316. The molecule has 2 unspecified atom stereocenters. The first-order chi connectivity index (χ1) is 20.5. The Bertz CT molecular complexity index is 1630. The number of nitrogens with zero attached hydrogens (tertiary/aromatic N) is 4. The molecule has 8 nitrogen and oxygen atoms in total. The number of rotatable bonds is 6. The summed E-state index contributed by atoms with van der Waals surface area (Å²) in [6.45, 7) is 7.44. The van der Waals surface area contributed by atoms with E-state index in [1.807, 2.05) is 6.20 Å². The molecule has 2 aromatic heterocycles. The monoisotopic (exact) mass is 617 g/mol. The van der Waals surface area contributed by atoms with Crippen LogP contribution in [-0.2, 0) is 20.0 Å². The molecular weight excluding hydrogens is 579 g/mol. The molecule has 6 rings (SSSR count). The van der Waals surface area contributed by atoms with Crippen molar-refractivity contribution in [1.29, 1.82) is 5.26 Å². The molecule has 0 spiro atoms. The summed E-state index contributed by atoms with van der Waals surface area (Å²) in [4.78, 5) is 26.7. The van der Waals surface area contributed by atoms with Gasteiger partial charge in [-0.1, -0.05) is 45.7 Å². The van der Waals surface area contributed by atoms with Gasteiger partial charge in [-0.15, -0.1) is 11.3 Å². The fraction of sp³-hybridized carbons (Fsp3) is 0.515. The molecule has 3 fully saturated rings. The molecule has 1 aromatic carbocycles. The maximum Gasteiger partial charge on any atom is 0.225 e. The summed E-state index contributed by atoms with van der Waals surface area (Å²) in [5, 5.41) is 13.6. The Hall–Kier alpha value is -3.29. The molecule has 3 aliphatic rings. The number of benzene rings is 1. The van der Waals surface area contributed by atoms with Gasteiger partial charge in [0.25, 0.3) is 0 Å². The van der Waals surface area contributed by atoms with Gasteiger partial charge in [-0.2, -0.15) is 5.26 Å². The highest BCUT2D eigenvalue weighted by atomic mass is 32.2. The number of nitrogens with one attached hydrogen (secondary N) is 1. The smallest absolute Gasteiger partial charge is 0.225 e. The second-order valence-corrected chi connectivity index (χ2v) is 16.6. The lowest BCUT2D eigenvalue weighted by molar-refractivity contribution is -0.127. The number of anilines is 1. The molecule has 3 aromatic rings. The number of sulfone groups is 1. The predicted molar refractivity (Wildman–Crippen MR) is 171 cm³/mol. The molecule has 2 atom stereocenters. The summed E-state index contributed by atoms with van der Waals surface area (Å²) < 4.78 is 23.9. The van der Waals surface area contributed by atoms with Gasteiger partial charge >= 0.3 is 0 Å². The molecule has 43 heavy (non-hydrogen) atoms. The second-order valence-electron chi connectivity index (χ2n) is 13.3. The van der Waals surface area contributed by atoms with Gasteiger partial charge in [-0.05, 0) is 55.5 Å². The van der Waals surface area contributed by atoms with Crippen molar-refractivity contribution in [1.82, 2.24) is 15.3 Å². The Morgan fingerprint density at radius 3 is 2.33 bits per heavy atom. The lowest BCUT2D eigenvalue weighted by Crippen LogP contribution is -2.42. The molecule has 0 bridgehead atoms. The zero-order valence-electron chi connectivity index (χ0n) is 25.1. The van der Waals surface area contributed by atoms with Crippen molar-refractivity contribution in [2.24, 2.45) is 5.92 Å². The summed E-state index contributed by atoms with van der Waals surface area (Å²) in [5.41, 5.74) is 4.21. The van der Waals surface area contributed by atoms with Gasteiger partial charge in [0, 0.05) is 53.5 Å². The molecule has 1 amide bonds. The van der Waals surface area contributed by atoms with Crippen LogP contribution in [0.25, 0.3) is 21.0 Å². The van der Waals surface area contributed by atoms with E-state index in [0.29, 0.717) is 25.9 Å². The molecule has 1 aliphatic heterocycles. The number of pyridine rings is 1. The average Bonchev–Trinajstić information content (AvgIpc) is 3.63. The first kappa shape index (κ1) is 29.8. The lowest BCUT2D eigenvalue weighted by Gasteiger charge is -2.31. The van der Waals surface area contributed by atoms with E-state index in [-0.39, 0.29) is 34.7 Å². The Morgan fingerprint density at radius 1 is 1.05 bits per heavy atom. The molecular formula is C33H39N5O3S2. The number of nitriles is 1. The minimum atomic E-state index is -2.95. The fourth-order valence-electron chi connectivity index (χ4n) is 6.16. The first-order valence-electron chi connectivity index (χ1n) is 15.2. The van der Waals surface area contributed by atoms with Gasteiger partial charge in [0.05, 0.1) is 28.1 Å². The third-order valence-corrected chi connectivity index (χ3v) is 11.8. The summed E-state index contributed by atoms with van der Waals surface area (Å²) in [5.74, 6) is 0.0476. The number of carbonyl (C=O) groups is 1. The summed E-state index contributed by atoms with van der Waals surface area (Å²) >= 11 is 1.63. The fourth-order valence-corrected chi connectivity index (χ4v) is 8.49. The number of amides is 1. The van der Waals surface area contributed by atoms with Crippen molar-refractivity contribution in [2.75, 3.05) is 29.5 Å². The van der Waals surface area contributed by atoms with Gasteiger partial charge in [0.15, 0.2) is 9.84 Å². The number of carbonyl (C=O) groups excluding carboxylic acids is 1. The van der Waals surface area contributed by atoms with Gasteiger partial charge in [-0.3, -0.25) is 9.78 Å². The van der Waals surface area contributed by atoms with Crippen LogP contribution in [0.1, 0.15) is 76.6 Å². The van der Waals surface area contributed by atoms with Crippen LogP contribution in [0.2, 0.25) is 0 Å². The van der Waals surface area contributed by atoms with E-state index in [1.165, 1.54) is 0 Å². The Balaban J connectivity index is 1.35. The standard InChI is InChI=1S/C33H39N5O3S2/c1-32(2,3)27-13-10-23(20-35-27)31-36-28(25-6-4-5-7-26(25)30(39)37-33(21-34)14-15-33)29(42-31)22-8-11-24(12-9-22)38-16-18-43(40,41)19-17-38/h8-13,20,25-26H,4-7,14-19H2,1-3H3,(H,37,39). The molecule has 1 saturated heterocycles. The Morgan fingerprint density at radius 2 is 1.72 bits per heavy atom. The minimum Gasteiger partial charge on any atom is -0.369 e. The van der Waals surface area contributed by atoms with E-state index in [9.17, 15) is 18.5 Å². The van der Waals surface area contributed by atoms with Crippen LogP contribution in [0.3, 0.4) is 0 Å². The molecule has 226 valence electrons. The van der Waals surface area contributed by atoms with Crippen molar-refractivity contribution >= 4 is 32.8 Å². The summed E-state index contributed by atoms with van der Waals surface area (Å²) in [7, 11) is -2.95. The molecule has 2 aliphatic carbocycles. The van der Waals surface area contributed by atoms with E-state index in [2.05, 4.69) is 73.5 Å². The maximum atomic E-state index is 13.6. The van der Waals surface area contributed by atoms with Crippen molar-refractivity contribution in [2.45, 2.75) is 76.2 Å². The molecule has 3 heterocycles. The van der Waals surface area contributed by atoms with E-state index in [4.69, 9.17) is 9.97 Å². The van der Waals surface area contributed by atoms with Crippen molar-refractivity contribution in [3.63, 3.8) is 0 Å². The van der Waals surface area contributed by atoms with Crippen molar-refractivity contribution < 1.29 is 13.2 Å². The van der Waals surface area contributed by atoms with Gasteiger partial charge in [0.1, 0.15) is 10.5 Å². The third-order valence-electron chi connectivity index (χ3n) is 9.05. The van der Waals surface area contributed by atoms with E-state index in [0.717, 1.165) is 63.8 Å². The van der Waals surface area contributed by atoms with Crippen LogP contribution in [0.5, 0.6) is 0 Å². The van der Waals surface area contributed by atoms with E-state index < -0.39 is 15.4 Å². The van der Waals surface area contributed by atoms with Gasteiger partial charge in [0.2, 0.25) is 5.91 Å². The molecule has 2 saturated carbocycles. The quantitative estimate of drug-likeness (QED) is 0.369. The number of aromatic nitrogens is 2. The predicted octanol–water partition coefficient (Wildman–Crippen LogP) is 5.85. The normalized spacial score (nSPS) is 22.9. The SMILES string of the molecule is CC(C)(C)c1ccc(-c2nc(C3CCCCC3C(=O)NC3(C#N)CC3)c(-c3ccc(N4CCS(=O)(=O)CC4)cc3)s2)cn1. The summed E-state index contributed by atoms with van der Waals surface area (Å²) in [6.07, 6.45) is 6.99. The van der Waals surface area contributed by atoms with Crippen LogP contribution in [-0.4, -0.2) is 54.4 Å². The highest BCUT2D eigenvalue weighted by Gasteiger charge is 2.47. The van der Waals surface area contributed by atoms with Gasteiger partial charge in [-0.25, -0.2) is 13.4 Å². The van der Waals surface area contributed by atoms with Crippen molar-refractivity contribution in [3.05, 3.63) is 54.0 Å². The molecule has 10 heteroatoms. The Kier molecular flexibility index (Phi) is 7.84. The summed E-state index contributed by atoms with van der Waals surface area (Å²) in [6, 6.07) is 14.8. The van der Waals surface area contributed by atoms with E-state index >= 15 is 0 Å². The number of thiazole rings is 1. The topological polar surface area (TPSA) is 116 Å². The third kappa shape index (κ3) is 6.34. The largest absolute Gasteiger partial charge is 0.369 e. The second kappa shape index (κ2) is 11.3. The average molecular weight is 618 g/mol. The highest BCUT2D eigenvalue weighted by Crippen LogP contribution is 2.46. The zero-order valence-corrected chi connectivity index (χ0v) is 26.7. The molecule has 1 N–H and O–H groups in total. The van der Waals surface area contributed by atoms with Crippen LogP contribution in [0.15, 0.2) is 42.6 Å². The highest BCUT2D eigenvalue weighted by molar-refractivity contribution is 7.91. The molecule has 0 radical (unpaired) electrons. The zero-order chi connectivity index (χ0) is 30.4. The lowest BCUT2D eigenvalue weighted by atomic mass is 9.76. The van der Waals surface area contributed by atoms with Crippen molar-refractivity contribution in [3.8, 4) is 27.1 Å². The maximum absolute atomic E-state index is 13.6. The van der Waals surface area contributed by atoms with Crippen LogP contribution < -0.4 is 10.2 Å². The number of hydrogen-bond acceptors (Lipinski definition) is 8. The van der Waals surface area contributed by atoms with Crippen LogP contribution in [0.4, 0.5) is 5.69 Å². The van der Waals surface area contributed by atoms with Crippen LogP contribution >= 0.6 is 11.3 Å². The Labute approximate surface area is 258 Å². The first-order valence-corrected chi connectivity index (χ1v) is 17.9.